The summed E-state index contributed by atoms with van der Waals surface area (Å²) in [7, 11) is 0. The highest BCUT2D eigenvalue weighted by molar-refractivity contribution is 14.1. The molecule has 2 aromatic rings. The van der Waals surface area contributed by atoms with Crippen molar-refractivity contribution < 1.29 is 14.3 Å². The largest absolute Gasteiger partial charge is 0.454 e. The predicted molar refractivity (Wildman–Crippen MR) is 96.1 cm³/mol. The van der Waals surface area contributed by atoms with Crippen LogP contribution in [-0.2, 0) is 6.54 Å². The fraction of sp³-hybridized carbons (Fsp3) is 0.353. The number of carbonyl (C=O) groups excluding carboxylic acids is 1. The number of hydrogen-bond acceptors (Lipinski definition) is 3. The van der Waals surface area contributed by atoms with Crippen molar-refractivity contribution in [1.29, 1.82) is 0 Å². The Balaban J connectivity index is 1.88. The van der Waals surface area contributed by atoms with Crippen molar-refractivity contribution in [2.45, 2.75) is 20.4 Å². The number of ether oxygens (including phenoxy) is 2. The highest BCUT2D eigenvalue weighted by atomic mass is 127. The minimum atomic E-state index is 0.0655. The van der Waals surface area contributed by atoms with Crippen LogP contribution in [0.15, 0.2) is 30.5 Å². The van der Waals surface area contributed by atoms with Crippen molar-refractivity contribution in [3.63, 3.8) is 0 Å². The van der Waals surface area contributed by atoms with E-state index >= 15 is 0 Å². The Kier molecular flexibility index (Phi) is 4.79. The maximum Gasteiger partial charge on any atom is 0.270 e. The summed E-state index contributed by atoms with van der Waals surface area (Å²) in [5, 5.41) is 0. The molecule has 1 aliphatic rings. The summed E-state index contributed by atoms with van der Waals surface area (Å²) in [6, 6.07) is 7.76. The van der Waals surface area contributed by atoms with Crippen LogP contribution in [-0.4, -0.2) is 35.3 Å². The summed E-state index contributed by atoms with van der Waals surface area (Å²) >= 11 is 2.29. The fourth-order valence-corrected chi connectivity index (χ4v) is 3.29. The van der Waals surface area contributed by atoms with Gasteiger partial charge in [-0.2, -0.15) is 0 Å². The van der Waals surface area contributed by atoms with Gasteiger partial charge in [-0.1, -0.05) is 0 Å². The number of halogens is 1. The van der Waals surface area contributed by atoms with Crippen LogP contribution in [0.3, 0.4) is 0 Å². The molecule has 0 radical (unpaired) electrons. The molecule has 0 unspecified atom stereocenters. The van der Waals surface area contributed by atoms with Crippen LogP contribution in [0.25, 0.3) is 0 Å². The molecule has 0 saturated heterocycles. The van der Waals surface area contributed by atoms with Crippen molar-refractivity contribution >= 4 is 28.5 Å². The number of hydrogen-bond donors (Lipinski definition) is 0. The van der Waals surface area contributed by atoms with Gasteiger partial charge in [-0.25, -0.2) is 0 Å². The van der Waals surface area contributed by atoms with Crippen molar-refractivity contribution in [1.82, 2.24) is 9.47 Å². The van der Waals surface area contributed by atoms with E-state index in [9.17, 15) is 4.79 Å². The average Bonchev–Trinajstić information content (AvgIpc) is 3.17. The molecule has 3 rings (SSSR count). The highest BCUT2D eigenvalue weighted by Crippen LogP contribution is 2.35. The summed E-state index contributed by atoms with van der Waals surface area (Å²) in [5.74, 6) is 1.62. The van der Waals surface area contributed by atoms with Gasteiger partial charge in [0, 0.05) is 29.4 Å². The van der Waals surface area contributed by atoms with E-state index in [-0.39, 0.29) is 12.7 Å². The van der Waals surface area contributed by atoms with E-state index in [2.05, 4.69) is 22.6 Å². The molecule has 5 nitrogen and oxygen atoms in total. The van der Waals surface area contributed by atoms with Crippen LogP contribution in [0.2, 0.25) is 0 Å². The van der Waals surface area contributed by atoms with E-state index in [1.165, 1.54) is 0 Å². The van der Waals surface area contributed by atoms with E-state index in [0.29, 0.717) is 25.3 Å². The second-order valence-corrected chi connectivity index (χ2v) is 6.46. The van der Waals surface area contributed by atoms with Crippen LogP contribution < -0.4 is 9.47 Å². The maximum atomic E-state index is 12.6. The first kappa shape index (κ1) is 16.2. The van der Waals surface area contributed by atoms with Gasteiger partial charge in [0.15, 0.2) is 11.5 Å². The van der Waals surface area contributed by atoms with Gasteiger partial charge < -0.3 is 18.9 Å². The van der Waals surface area contributed by atoms with E-state index in [1.54, 1.807) is 0 Å². The first-order valence-corrected chi connectivity index (χ1v) is 8.74. The molecule has 0 saturated carbocycles. The summed E-state index contributed by atoms with van der Waals surface area (Å²) in [6.45, 7) is 6.31. The monoisotopic (exact) mass is 426 g/mol. The van der Waals surface area contributed by atoms with Crippen molar-refractivity contribution in [3.05, 3.63) is 45.3 Å². The molecule has 23 heavy (non-hydrogen) atoms. The first-order chi connectivity index (χ1) is 11.1. The lowest BCUT2D eigenvalue weighted by Crippen LogP contribution is -2.32. The fourth-order valence-electron chi connectivity index (χ4n) is 2.68. The molecule has 0 bridgehead atoms. The quantitative estimate of drug-likeness (QED) is 0.689. The van der Waals surface area contributed by atoms with Gasteiger partial charge in [0.05, 0.1) is 0 Å². The number of benzene rings is 1. The second-order valence-electron chi connectivity index (χ2n) is 5.30. The Morgan fingerprint density at radius 2 is 1.96 bits per heavy atom. The average molecular weight is 426 g/mol. The molecule has 6 heteroatoms. The minimum absolute atomic E-state index is 0.0655. The molecule has 122 valence electrons. The number of aromatic nitrogens is 1. The lowest BCUT2D eigenvalue weighted by Gasteiger charge is -2.20. The van der Waals surface area contributed by atoms with Crippen LogP contribution in [0.4, 0.5) is 0 Å². The Bertz CT molecular complexity index is 723. The van der Waals surface area contributed by atoms with E-state index in [0.717, 1.165) is 20.6 Å². The van der Waals surface area contributed by atoms with Crippen LogP contribution >= 0.6 is 22.6 Å². The molecule has 1 amide bonds. The zero-order valence-corrected chi connectivity index (χ0v) is 15.4. The van der Waals surface area contributed by atoms with Crippen LogP contribution in [0, 0.1) is 3.57 Å². The van der Waals surface area contributed by atoms with Crippen molar-refractivity contribution in [3.8, 4) is 11.5 Å². The van der Waals surface area contributed by atoms with Gasteiger partial charge >= 0.3 is 0 Å². The molecule has 0 fully saturated rings. The molecule has 0 aliphatic carbocycles. The zero-order chi connectivity index (χ0) is 16.4. The van der Waals surface area contributed by atoms with Gasteiger partial charge in [-0.3, -0.25) is 4.79 Å². The molecular formula is C17H19IN2O3. The molecule has 0 N–H and O–H groups in total. The third-order valence-corrected chi connectivity index (χ3v) is 4.99. The topological polar surface area (TPSA) is 43.7 Å². The van der Waals surface area contributed by atoms with Gasteiger partial charge in [-0.15, -0.1) is 0 Å². The Labute approximate surface area is 149 Å². The number of amides is 1. The van der Waals surface area contributed by atoms with Gasteiger partial charge in [0.2, 0.25) is 6.79 Å². The Morgan fingerprint density at radius 1 is 1.26 bits per heavy atom. The Hall–Kier alpha value is -1.70. The zero-order valence-electron chi connectivity index (χ0n) is 13.2. The van der Waals surface area contributed by atoms with Gasteiger partial charge in [-0.05, 0) is 66.3 Å². The maximum absolute atomic E-state index is 12.6. The number of nitrogens with zero attached hydrogens (tertiary/aromatic N) is 2. The molecule has 1 aromatic heterocycles. The Morgan fingerprint density at radius 3 is 2.65 bits per heavy atom. The second kappa shape index (κ2) is 6.82. The van der Waals surface area contributed by atoms with Crippen molar-refractivity contribution in [2.24, 2.45) is 0 Å². The van der Waals surface area contributed by atoms with Crippen LogP contribution in [0.5, 0.6) is 11.5 Å². The van der Waals surface area contributed by atoms with Gasteiger partial charge in [0.25, 0.3) is 5.91 Å². The number of fused-ring (bicyclic) bond motifs is 1. The lowest BCUT2D eigenvalue weighted by molar-refractivity contribution is 0.0762. The predicted octanol–water partition coefficient (Wildman–Crippen LogP) is 3.35. The minimum Gasteiger partial charge on any atom is -0.454 e. The van der Waals surface area contributed by atoms with Gasteiger partial charge in [0.1, 0.15) is 5.69 Å². The van der Waals surface area contributed by atoms with E-state index < -0.39 is 0 Å². The third kappa shape index (κ3) is 3.17. The smallest absolute Gasteiger partial charge is 0.270 e. The third-order valence-electron chi connectivity index (χ3n) is 3.98. The molecular weight excluding hydrogens is 407 g/mol. The summed E-state index contributed by atoms with van der Waals surface area (Å²) < 4.78 is 13.9. The number of carbonyl (C=O) groups is 1. The molecule has 0 atom stereocenters. The SMILES string of the molecule is CCN(CC)C(=O)c1cccn1Cc1cc2c(cc1I)OCO2. The van der Waals surface area contributed by atoms with Crippen molar-refractivity contribution in [2.75, 3.05) is 19.9 Å². The highest BCUT2D eigenvalue weighted by Gasteiger charge is 2.19. The number of rotatable bonds is 5. The van der Waals surface area contributed by atoms with E-state index in [4.69, 9.17) is 9.47 Å². The molecule has 1 aromatic carbocycles. The van der Waals surface area contributed by atoms with E-state index in [1.807, 2.05) is 53.8 Å². The standard InChI is InChI=1S/C17H19IN2O3/c1-3-19(4-2)17(21)14-6-5-7-20(14)10-12-8-15-16(9-13(12)18)23-11-22-15/h5-9H,3-4,10-11H2,1-2H3. The summed E-state index contributed by atoms with van der Waals surface area (Å²) in [5.41, 5.74) is 1.82. The normalized spacial score (nSPS) is 12.5. The first-order valence-electron chi connectivity index (χ1n) is 7.66. The molecule has 0 spiro atoms. The summed E-state index contributed by atoms with van der Waals surface area (Å²) in [6.07, 6.45) is 1.94. The van der Waals surface area contributed by atoms with Crippen LogP contribution in [0.1, 0.15) is 29.9 Å². The molecule has 1 aliphatic heterocycles. The summed E-state index contributed by atoms with van der Waals surface area (Å²) in [4.78, 5) is 14.4. The molecule has 2 heterocycles. The lowest BCUT2D eigenvalue weighted by atomic mass is 10.2.